The number of nitrogens with one attached hydrogen (secondary N) is 2. The number of guanidine groups is 1. The Bertz CT molecular complexity index is 638. The number of hydrogen-bond donors (Lipinski definition) is 2. The number of methoxy groups -OCH3 is 1. The van der Waals surface area contributed by atoms with Crippen LogP contribution in [0.25, 0.3) is 0 Å². The molecule has 0 aliphatic rings. The van der Waals surface area contributed by atoms with E-state index >= 15 is 0 Å². The summed E-state index contributed by atoms with van der Waals surface area (Å²) in [7, 11) is 3.44. The second kappa shape index (κ2) is 9.82. The van der Waals surface area contributed by atoms with Crippen molar-refractivity contribution in [2.75, 3.05) is 27.3 Å². The van der Waals surface area contributed by atoms with Crippen molar-refractivity contribution in [3.8, 4) is 11.5 Å². The van der Waals surface area contributed by atoms with Gasteiger partial charge in [-0.3, -0.25) is 4.99 Å². The summed E-state index contributed by atoms with van der Waals surface area (Å²) in [4.78, 5) is 6.86. The predicted molar refractivity (Wildman–Crippen MR) is 100 cm³/mol. The maximum absolute atomic E-state index is 5.70. The molecule has 1 heterocycles. The molecule has 2 aromatic rings. The van der Waals surface area contributed by atoms with Crippen LogP contribution in [0.5, 0.6) is 11.5 Å². The fraction of sp³-hybridized carbons (Fsp3) is 0.389. The monoisotopic (exact) mass is 347 g/mol. The molecule has 0 saturated heterocycles. The van der Waals surface area contributed by atoms with Crippen molar-refractivity contribution in [1.29, 1.82) is 0 Å². The summed E-state index contributed by atoms with van der Waals surface area (Å²) in [6.07, 6.45) is 0.894. The first-order chi connectivity index (χ1) is 11.7. The van der Waals surface area contributed by atoms with E-state index in [9.17, 15) is 0 Å². The average molecular weight is 347 g/mol. The number of nitrogens with zero attached hydrogens (tertiary/aromatic N) is 1. The second-order valence-electron chi connectivity index (χ2n) is 5.24. The van der Waals surface area contributed by atoms with E-state index in [2.05, 4.69) is 34.7 Å². The molecule has 0 amide bonds. The van der Waals surface area contributed by atoms with Crippen molar-refractivity contribution in [3.63, 3.8) is 0 Å². The number of rotatable bonds is 8. The highest BCUT2D eigenvalue weighted by Gasteiger charge is 2.00. The van der Waals surface area contributed by atoms with E-state index in [1.165, 1.54) is 9.75 Å². The minimum Gasteiger partial charge on any atom is -0.497 e. The normalized spacial score (nSPS) is 11.2. The van der Waals surface area contributed by atoms with Gasteiger partial charge in [0.2, 0.25) is 0 Å². The lowest BCUT2D eigenvalue weighted by atomic mass is 10.3. The molecular weight excluding hydrogens is 322 g/mol. The highest BCUT2D eigenvalue weighted by molar-refractivity contribution is 7.11. The third kappa shape index (κ3) is 6.12. The zero-order valence-corrected chi connectivity index (χ0v) is 15.3. The van der Waals surface area contributed by atoms with E-state index in [1.807, 2.05) is 24.3 Å². The number of benzene rings is 1. The van der Waals surface area contributed by atoms with Crippen molar-refractivity contribution in [2.24, 2.45) is 4.99 Å². The molecule has 24 heavy (non-hydrogen) atoms. The molecule has 5 nitrogen and oxygen atoms in total. The zero-order valence-electron chi connectivity index (χ0n) is 14.5. The van der Waals surface area contributed by atoms with E-state index in [0.717, 1.165) is 37.0 Å². The summed E-state index contributed by atoms with van der Waals surface area (Å²) in [5, 5.41) is 6.61. The molecular formula is C18H25N3O2S. The predicted octanol–water partition coefficient (Wildman–Crippen LogP) is 3.20. The minimum atomic E-state index is 0.653. The van der Waals surface area contributed by atoms with Gasteiger partial charge in [-0.05, 0) is 49.7 Å². The van der Waals surface area contributed by atoms with E-state index in [0.29, 0.717) is 6.61 Å². The van der Waals surface area contributed by atoms with Crippen LogP contribution in [0.4, 0.5) is 0 Å². The van der Waals surface area contributed by atoms with E-state index in [1.54, 1.807) is 25.5 Å². The summed E-state index contributed by atoms with van der Waals surface area (Å²) in [6, 6.07) is 11.9. The Hall–Kier alpha value is -2.21. The molecule has 2 rings (SSSR count). The van der Waals surface area contributed by atoms with Crippen LogP contribution in [-0.2, 0) is 6.54 Å². The van der Waals surface area contributed by atoms with Crippen LogP contribution in [0.1, 0.15) is 16.2 Å². The van der Waals surface area contributed by atoms with Crippen molar-refractivity contribution < 1.29 is 9.47 Å². The van der Waals surface area contributed by atoms with Gasteiger partial charge in [0.15, 0.2) is 5.96 Å². The number of thiophene rings is 1. The first-order valence-electron chi connectivity index (χ1n) is 7.98. The molecule has 130 valence electrons. The third-order valence-electron chi connectivity index (χ3n) is 3.39. The van der Waals surface area contributed by atoms with Crippen LogP contribution in [0, 0.1) is 6.92 Å². The van der Waals surface area contributed by atoms with Gasteiger partial charge in [0.05, 0.1) is 20.3 Å². The molecule has 0 saturated carbocycles. The summed E-state index contributed by atoms with van der Waals surface area (Å²) >= 11 is 1.80. The van der Waals surface area contributed by atoms with Gasteiger partial charge < -0.3 is 20.1 Å². The lowest BCUT2D eigenvalue weighted by molar-refractivity contribution is 0.310. The second-order valence-corrected chi connectivity index (χ2v) is 6.61. The van der Waals surface area contributed by atoms with E-state index < -0.39 is 0 Å². The molecule has 0 fully saturated rings. The molecule has 0 aliphatic carbocycles. The largest absolute Gasteiger partial charge is 0.497 e. The first-order valence-corrected chi connectivity index (χ1v) is 8.79. The number of aryl methyl sites for hydroxylation is 1. The highest BCUT2D eigenvalue weighted by atomic mass is 32.1. The Morgan fingerprint density at radius 2 is 1.83 bits per heavy atom. The molecule has 2 N–H and O–H groups in total. The molecule has 0 unspecified atom stereocenters. The first kappa shape index (κ1) is 18.1. The van der Waals surface area contributed by atoms with Crippen molar-refractivity contribution >= 4 is 17.3 Å². The number of hydrogen-bond acceptors (Lipinski definition) is 4. The number of ether oxygens (including phenoxy) is 2. The topological polar surface area (TPSA) is 54.9 Å². The van der Waals surface area contributed by atoms with Gasteiger partial charge in [0, 0.05) is 23.3 Å². The van der Waals surface area contributed by atoms with Crippen LogP contribution < -0.4 is 20.1 Å². The van der Waals surface area contributed by atoms with Crippen LogP contribution in [0.3, 0.4) is 0 Å². The van der Waals surface area contributed by atoms with Crippen LogP contribution in [0.15, 0.2) is 41.4 Å². The minimum absolute atomic E-state index is 0.653. The summed E-state index contributed by atoms with van der Waals surface area (Å²) in [6.45, 7) is 4.37. The van der Waals surface area contributed by atoms with Crippen LogP contribution >= 0.6 is 11.3 Å². The lowest BCUT2D eigenvalue weighted by Gasteiger charge is -2.11. The Balaban J connectivity index is 1.61. The SMILES string of the molecule is CN=C(NCCCOc1ccc(OC)cc1)NCc1ccc(C)s1. The average Bonchev–Trinajstić information content (AvgIpc) is 3.03. The molecule has 0 radical (unpaired) electrons. The number of aliphatic imine (C=N–C) groups is 1. The van der Waals surface area contributed by atoms with Gasteiger partial charge in [-0.15, -0.1) is 11.3 Å². The van der Waals surface area contributed by atoms with Crippen molar-refractivity contribution in [2.45, 2.75) is 19.9 Å². The molecule has 0 atom stereocenters. The smallest absolute Gasteiger partial charge is 0.191 e. The van der Waals surface area contributed by atoms with Gasteiger partial charge in [-0.2, -0.15) is 0 Å². The molecule has 0 spiro atoms. The Morgan fingerprint density at radius 1 is 1.08 bits per heavy atom. The molecule has 1 aromatic heterocycles. The maximum atomic E-state index is 5.70. The van der Waals surface area contributed by atoms with Gasteiger partial charge in [-0.25, -0.2) is 0 Å². The Kier molecular flexibility index (Phi) is 7.42. The van der Waals surface area contributed by atoms with E-state index in [-0.39, 0.29) is 0 Å². The van der Waals surface area contributed by atoms with Gasteiger partial charge in [-0.1, -0.05) is 0 Å². The lowest BCUT2D eigenvalue weighted by Crippen LogP contribution is -2.37. The summed E-state index contributed by atoms with van der Waals surface area (Å²) in [5.41, 5.74) is 0. The van der Waals surface area contributed by atoms with Gasteiger partial charge >= 0.3 is 0 Å². The van der Waals surface area contributed by atoms with E-state index in [4.69, 9.17) is 9.47 Å². The Labute approximate surface area is 147 Å². The maximum Gasteiger partial charge on any atom is 0.191 e. The van der Waals surface area contributed by atoms with Crippen LogP contribution in [-0.4, -0.2) is 33.3 Å². The van der Waals surface area contributed by atoms with Crippen molar-refractivity contribution in [1.82, 2.24) is 10.6 Å². The molecule has 6 heteroatoms. The quantitative estimate of drug-likeness (QED) is 0.437. The standard InChI is InChI=1S/C18H25N3O2S/c1-14-5-10-17(24-14)13-21-18(19-2)20-11-4-12-23-16-8-6-15(22-3)7-9-16/h5-10H,4,11-13H2,1-3H3,(H2,19,20,21). The molecule has 0 bridgehead atoms. The Morgan fingerprint density at radius 3 is 2.46 bits per heavy atom. The zero-order chi connectivity index (χ0) is 17.2. The molecule has 0 aliphatic heterocycles. The summed E-state index contributed by atoms with van der Waals surface area (Å²) in [5.74, 6) is 2.50. The molecule has 1 aromatic carbocycles. The van der Waals surface area contributed by atoms with Crippen molar-refractivity contribution in [3.05, 3.63) is 46.2 Å². The summed E-state index contributed by atoms with van der Waals surface area (Å²) < 4.78 is 10.8. The third-order valence-corrected chi connectivity index (χ3v) is 4.39. The highest BCUT2D eigenvalue weighted by Crippen LogP contribution is 2.17. The van der Waals surface area contributed by atoms with Gasteiger partial charge in [0.1, 0.15) is 11.5 Å². The van der Waals surface area contributed by atoms with Gasteiger partial charge in [0.25, 0.3) is 0 Å². The van der Waals surface area contributed by atoms with Crippen LogP contribution in [0.2, 0.25) is 0 Å². The fourth-order valence-corrected chi connectivity index (χ4v) is 2.94. The fourth-order valence-electron chi connectivity index (χ4n) is 2.11.